The van der Waals surface area contributed by atoms with Crippen molar-refractivity contribution in [1.82, 2.24) is 0 Å². The fourth-order valence-corrected chi connectivity index (χ4v) is 7.07. The molecule has 0 aliphatic rings. The Hall–Kier alpha value is -1.59. The number of rotatable bonds is 42. The second kappa shape index (κ2) is 41.1. The van der Waals surface area contributed by atoms with Crippen molar-refractivity contribution in [1.29, 1.82) is 0 Å². The van der Waals surface area contributed by atoms with E-state index in [1.54, 1.807) is 0 Å². The zero-order valence-corrected chi connectivity index (χ0v) is 36.8. The molecule has 0 rings (SSSR count). The summed E-state index contributed by atoms with van der Waals surface area (Å²) in [6.45, 7) is 11.3. The maximum Gasteiger partial charge on any atom is 0.306 e. The van der Waals surface area contributed by atoms with Crippen molar-refractivity contribution in [3.8, 4) is 0 Å². The lowest BCUT2D eigenvalue weighted by Crippen LogP contribution is -2.30. The summed E-state index contributed by atoms with van der Waals surface area (Å²) in [4.78, 5) is 37.8. The summed E-state index contributed by atoms with van der Waals surface area (Å²) in [5.74, 6) is 0.797. The Morgan fingerprint density at radius 2 is 0.704 bits per heavy atom. The molecule has 0 aromatic rings. The Balaban J connectivity index is 4.35. The second-order valence-corrected chi connectivity index (χ2v) is 17.1. The summed E-state index contributed by atoms with van der Waals surface area (Å²) >= 11 is 0. The van der Waals surface area contributed by atoms with E-state index >= 15 is 0 Å². The third-order valence-electron chi connectivity index (χ3n) is 11.1. The second-order valence-electron chi connectivity index (χ2n) is 17.1. The average Bonchev–Trinajstić information content (AvgIpc) is 3.15. The van der Waals surface area contributed by atoms with Gasteiger partial charge in [-0.15, -0.1) is 0 Å². The van der Waals surface area contributed by atoms with E-state index in [2.05, 4.69) is 34.6 Å². The fraction of sp³-hybridized carbons (Fsp3) is 0.938. The monoisotopic (exact) mass is 765 g/mol. The lowest BCUT2D eigenvalue weighted by atomic mass is 9.99. The minimum atomic E-state index is -0.761. The molecule has 0 radical (unpaired) electrons. The minimum absolute atomic E-state index is 0.0649. The van der Waals surface area contributed by atoms with Gasteiger partial charge in [0.05, 0.1) is 0 Å². The highest BCUT2D eigenvalue weighted by atomic mass is 16.6. The third-order valence-corrected chi connectivity index (χ3v) is 11.1. The van der Waals surface area contributed by atoms with Crippen LogP contribution in [0, 0.1) is 11.8 Å². The molecule has 0 saturated carbocycles. The number of hydrogen-bond donors (Lipinski definition) is 0. The first-order valence-corrected chi connectivity index (χ1v) is 23.8. The number of ether oxygens (including phenoxy) is 3. The van der Waals surface area contributed by atoms with Gasteiger partial charge in [-0.25, -0.2) is 0 Å². The van der Waals surface area contributed by atoms with Crippen LogP contribution in [0.2, 0.25) is 0 Å². The van der Waals surface area contributed by atoms with Crippen LogP contribution in [0.3, 0.4) is 0 Å². The standard InChI is InChI=1S/C48H92O6/c1-6-8-9-10-11-12-13-14-17-23-28-33-38-46(49)52-41-45(54-48(51)40-35-30-25-20-19-22-27-32-37-44(5)7-2)42-53-47(50)39-34-29-24-18-15-16-21-26-31-36-43(3)4/h43-45H,6-42H2,1-5H3/t44?,45-/m1/s1. The molecular weight excluding hydrogens is 673 g/mol. The molecule has 320 valence electrons. The van der Waals surface area contributed by atoms with Gasteiger partial charge in [-0.3, -0.25) is 14.4 Å². The van der Waals surface area contributed by atoms with Gasteiger partial charge in [0, 0.05) is 19.3 Å². The van der Waals surface area contributed by atoms with Crippen LogP contribution in [0.15, 0.2) is 0 Å². The molecule has 1 unspecified atom stereocenters. The summed E-state index contributed by atoms with van der Waals surface area (Å²) in [5.41, 5.74) is 0. The van der Waals surface area contributed by atoms with Gasteiger partial charge in [0.15, 0.2) is 6.10 Å². The van der Waals surface area contributed by atoms with Crippen LogP contribution in [0.5, 0.6) is 0 Å². The average molecular weight is 765 g/mol. The molecule has 0 bridgehead atoms. The lowest BCUT2D eigenvalue weighted by molar-refractivity contribution is -0.167. The zero-order chi connectivity index (χ0) is 39.7. The molecule has 6 heteroatoms. The van der Waals surface area contributed by atoms with Gasteiger partial charge < -0.3 is 14.2 Å². The van der Waals surface area contributed by atoms with E-state index in [4.69, 9.17) is 14.2 Å². The van der Waals surface area contributed by atoms with Crippen molar-refractivity contribution < 1.29 is 28.6 Å². The van der Waals surface area contributed by atoms with Gasteiger partial charge in [0.25, 0.3) is 0 Å². The van der Waals surface area contributed by atoms with Crippen LogP contribution in [0.1, 0.15) is 259 Å². The largest absolute Gasteiger partial charge is 0.462 e. The van der Waals surface area contributed by atoms with Crippen molar-refractivity contribution in [3.63, 3.8) is 0 Å². The first kappa shape index (κ1) is 52.4. The highest BCUT2D eigenvalue weighted by Gasteiger charge is 2.19. The van der Waals surface area contributed by atoms with E-state index in [9.17, 15) is 14.4 Å². The summed E-state index contributed by atoms with van der Waals surface area (Å²) in [6.07, 6.45) is 39.4. The van der Waals surface area contributed by atoms with E-state index in [1.165, 1.54) is 148 Å². The van der Waals surface area contributed by atoms with Gasteiger partial charge in [-0.1, -0.05) is 221 Å². The van der Waals surface area contributed by atoms with Crippen LogP contribution < -0.4 is 0 Å². The fourth-order valence-electron chi connectivity index (χ4n) is 7.07. The SMILES string of the molecule is CCCCCCCCCCCCCCC(=O)OC[C@H](COC(=O)CCCCCCCCCCCC(C)C)OC(=O)CCCCCCCCCCC(C)CC. The topological polar surface area (TPSA) is 78.9 Å². The van der Waals surface area contributed by atoms with Crippen molar-refractivity contribution >= 4 is 17.9 Å². The first-order chi connectivity index (χ1) is 26.3. The maximum atomic E-state index is 12.7. The van der Waals surface area contributed by atoms with Gasteiger partial charge in [0.2, 0.25) is 0 Å². The normalized spacial score (nSPS) is 12.6. The Bertz CT molecular complexity index is 826. The lowest BCUT2D eigenvalue weighted by Gasteiger charge is -2.18. The van der Waals surface area contributed by atoms with Crippen molar-refractivity contribution in [2.75, 3.05) is 13.2 Å². The molecule has 0 amide bonds. The summed E-state index contributed by atoms with van der Waals surface area (Å²) in [6, 6.07) is 0. The van der Waals surface area contributed by atoms with E-state index < -0.39 is 6.10 Å². The van der Waals surface area contributed by atoms with E-state index in [-0.39, 0.29) is 31.1 Å². The Morgan fingerprint density at radius 1 is 0.389 bits per heavy atom. The van der Waals surface area contributed by atoms with Crippen molar-refractivity contribution in [3.05, 3.63) is 0 Å². The Labute approximate surface area is 336 Å². The smallest absolute Gasteiger partial charge is 0.306 e. The molecule has 0 aromatic carbocycles. The zero-order valence-electron chi connectivity index (χ0n) is 36.8. The molecule has 0 saturated heterocycles. The highest BCUT2D eigenvalue weighted by Crippen LogP contribution is 2.17. The number of unbranched alkanes of at least 4 members (excludes halogenated alkanes) is 26. The number of carbonyl (C=O) groups excluding carboxylic acids is 3. The predicted molar refractivity (Wildman–Crippen MR) is 229 cm³/mol. The predicted octanol–water partition coefficient (Wildman–Crippen LogP) is 15.0. The molecule has 0 N–H and O–H groups in total. The molecule has 0 aromatic heterocycles. The molecule has 0 heterocycles. The van der Waals surface area contributed by atoms with Crippen LogP contribution in [-0.4, -0.2) is 37.2 Å². The number of carbonyl (C=O) groups is 3. The summed E-state index contributed by atoms with van der Waals surface area (Å²) in [7, 11) is 0. The first-order valence-electron chi connectivity index (χ1n) is 23.8. The van der Waals surface area contributed by atoms with Gasteiger partial charge in [-0.05, 0) is 31.1 Å². The number of hydrogen-bond acceptors (Lipinski definition) is 6. The Kier molecular flexibility index (Phi) is 39.8. The third kappa shape index (κ3) is 40.1. The summed E-state index contributed by atoms with van der Waals surface area (Å²) in [5, 5.41) is 0. The van der Waals surface area contributed by atoms with Crippen LogP contribution >= 0.6 is 0 Å². The van der Waals surface area contributed by atoms with Crippen molar-refractivity contribution in [2.45, 2.75) is 265 Å². The molecule has 0 fully saturated rings. The van der Waals surface area contributed by atoms with E-state index in [0.717, 1.165) is 69.6 Å². The number of esters is 3. The Morgan fingerprint density at radius 3 is 1.06 bits per heavy atom. The maximum absolute atomic E-state index is 12.7. The van der Waals surface area contributed by atoms with E-state index in [1.807, 2.05) is 0 Å². The van der Waals surface area contributed by atoms with Crippen LogP contribution in [0.25, 0.3) is 0 Å². The minimum Gasteiger partial charge on any atom is -0.462 e. The van der Waals surface area contributed by atoms with Gasteiger partial charge in [0.1, 0.15) is 13.2 Å². The summed E-state index contributed by atoms with van der Waals surface area (Å²) < 4.78 is 16.7. The highest BCUT2D eigenvalue weighted by molar-refractivity contribution is 5.71. The van der Waals surface area contributed by atoms with Crippen molar-refractivity contribution in [2.24, 2.45) is 11.8 Å². The van der Waals surface area contributed by atoms with Gasteiger partial charge in [-0.2, -0.15) is 0 Å². The van der Waals surface area contributed by atoms with Crippen LogP contribution in [-0.2, 0) is 28.6 Å². The molecule has 0 aliphatic carbocycles. The molecule has 0 aliphatic heterocycles. The van der Waals surface area contributed by atoms with E-state index in [0.29, 0.717) is 19.3 Å². The molecule has 0 spiro atoms. The molecule has 54 heavy (non-hydrogen) atoms. The molecular formula is C48H92O6. The van der Waals surface area contributed by atoms with Crippen LogP contribution in [0.4, 0.5) is 0 Å². The molecule has 2 atom stereocenters. The quantitative estimate of drug-likeness (QED) is 0.0350. The molecule has 6 nitrogen and oxygen atoms in total. The van der Waals surface area contributed by atoms with Gasteiger partial charge >= 0.3 is 17.9 Å².